The van der Waals surface area contributed by atoms with Crippen molar-refractivity contribution in [2.24, 2.45) is 0 Å². The zero-order valence-corrected chi connectivity index (χ0v) is 10.9. The van der Waals surface area contributed by atoms with Gasteiger partial charge in [0, 0.05) is 22.4 Å². The molecule has 0 atom stereocenters. The van der Waals surface area contributed by atoms with E-state index in [9.17, 15) is 5.21 Å². The average Bonchev–Trinajstić information content (AvgIpc) is 2.30. The fourth-order valence-electron chi connectivity index (χ4n) is 1.29. The molecule has 0 amide bonds. The number of benzene rings is 1. The highest BCUT2D eigenvalue weighted by Gasteiger charge is 2.06. The van der Waals surface area contributed by atoms with Gasteiger partial charge in [0.05, 0.1) is 0 Å². The second-order valence-corrected chi connectivity index (χ2v) is 5.09. The number of nitrogens with zero attached hydrogens (tertiary/aromatic N) is 1. The van der Waals surface area contributed by atoms with Crippen LogP contribution in [0.3, 0.4) is 0 Å². The lowest BCUT2D eigenvalue weighted by molar-refractivity contribution is -0.645. The molecule has 16 heavy (non-hydrogen) atoms. The molecule has 0 aliphatic heterocycles. The minimum atomic E-state index is 0.721. The maximum Gasteiger partial charge on any atom is 0.251 e. The van der Waals surface area contributed by atoms with Crippen molar-refractivity contribution in [3.05, 3.63) is 63.9 Å². The zero-order valence-electron chi connectivity index (χ0n) is 8.47. The molecule has 0 spiro atoms. The van der Waals surface area contributed by atoms with Gasteiger partial charge < -0.3 is 5.21 Å². The van der Waals surface area contributed by atoms with Gasteiger partial charge in [-0.25, -0.2) is 0 Å². The molecule has 0 N–H and O–H groups in total. The van der Waals surface area contributed by atoms with Crippen LogP contribution in [-0.2, 0) is 5.75 Å². The Kier molecular flexibility index (Phi) is 3.85. The maximum absolute atomic E-state index is 11.4. The van der Waals surface area contributed by atoms with Crippen molar-refractivity contribution >= 4 is 27.7 Å². The van der Waals surface area contributed by atoms with E-state index in [1.807, 2.05) is 30.3 Å². The molecule has 2 rings (SSSR count). The third-order valence-corrected chi connectivity index (χ3v) is 3.96. The minimum Gasteiger partial charge on any atom is -0.618 e. The highest BCUT2D eigenvalue weighted by Crippen LogP contribution is 2.24. The Balaban J connectivity index is 2.09. The minimum absolute atomic E-state index is 0.721. The molecule has 0 fully saturated rings. The first-order valence-corrected chi connectivity index (χ1v) is 6.59. The molecule has 4 heteroatoms. The quantitative estimate of drug-likeness (QED) is 0.493. The summed E-state index contributed by atoms with van der Waals surface area (Å²) in [6.45, 7) is 0. The van der Waals surface area contributed by atoms with Gasteiger partial charge in [0.1, 0.15) is 0 Å². The molecular formula is C12H10BrNOS. The average molecular weight is 296 g/mol. The van der Waals surface area contributed by atoms with Gasteiger partial charge >= 0.3 is 0 Å². The van der Waals surface area contributed by atoms with E-state index >= 15 is 0 Å². The van der Waals surface area contributed by atoms with Gasteiger partial charge in [0.15, 0.2) is 6.20 Å². The second-order valence-electron chi connectivity index (χ2n) is 3.24. The predicted molar refractivity (Wildman–Crippen MR) is 69.1 cm³/mol. The van der Waals surface area contributed by atoms with Gasteiger partial charge in [0.25, 0.3) is 5.03 Å². The van der Waals surface area contributed by atoms with Crippen LogP contribution >= 0.6 is 27.7 Å². The summed E-state index contributed by atoms with van der Waals surface area (Å²) in [4.78, 5) is 0. The molecule has 0 unspecified atom stereocenters. The van der Waals surface area contributed by atoms with Crippen LogP contribution in [0.5, 0.6) is 0 Å². The number of hydrogen-bond donors (Lipinski definition) is 0. The topological polar surface area (TPSA) is 26.9 Å². The molecular weight excluding hydrogens is 286 g/mol. The number of halogens is 1. The summed E-state index contributed by atoms with van der Waals surface area (Å²) in [6.07, 6.45) is 1.52. The first kappa shape index (κ1) is 11.5. The van der Waals surface area contributed by atoms with Crippen LogP contribution in [0.2, 0.25) is 0 Å². The van der Waals surface area contributed by atoms with E-state index in [0.29, 0.717) is 0 Å². The zero-order chi connectivity index (χ0) is 11.4. The summed E-state index contributed by atoms with van der Waals surface area (Å²) in [6, 6.07) is 13.5. The molecule has 0 aliphatic rings. The van der Waals surface area contributed by atoms with Gasteiger partial charge in [0.2, 0.25) is 0 Å². The molecule has 1 aromatic heterocycles. The van der Waals surface area contributed by atoms with Crippen LogP contribution < -0.4 is 4.73 Å². The lowest BCUT2D eigenvalue weighted by atomic mass is 10.2. The van der Waals surface area contributed by atoms with E-state index in [1.165, 1.54) is 23.5 Å². The Morgan fingerprint density at radius 2 is 1.88 bits per heavy atom. The van der Waals surface area contributed by atoms with Crippen molar-refractivity contribution in [2.75, 3.05) is 0 Å². The lowest BCUT2D eigenvalue weighted by Gasteiger charge is -2.04. The van der Waals surface area contributed by atoms with E-state index in [0.717, 1.165) is 20.0 Å². The van der Waals surface area contributed by atoms with Crippen LogP contribution in [0.4, 0.5) is 0 Å². The summed E-state index contributed by atoms with van der Waals surface area (Å²) in [5, 5.41) is 12.1. The van der Waals surface area contributed by atoms with Gasteiger partial charge in [-0.15, -0.1) is 0 Å². The Morgan fingerprint density at radius 1 is 1.12 bits per heavy atom. The Bertz CT molecular complexity index is 444. The molecule has 0 saturated carbocycles. The Labute approximate surface area is 107 Å². The molecule has 0 radical (unpaired) electrons. The first-order valence-electron chi connectivity index (χ1n) is 4.82. The first-order chi connectivity index (χ1) is 7.77. The Hall–Kier alpha value is -1.00. The van der Waals surface area contributed by atoms with Crippen molar-refractivity contribution in [3.63, 3.8) is 0 Å². The molecule has 82 valence electrons. The van der Waals surface area contributed by atoms with E-state index in [2.05, 4.69) is 22.0 Å². The summed E-state index contributed by atoms with van der Waals surface area (Å²) in [7, 11) is 0. The predicted octanol–water partition coefficient (Wildman–Crippen LogP) is 3.37. The van der Waals surface area contributed by atoms with E-state index in [4.69, 9.17) is 0 Å². The molecule has 2 nitrogen and oxygen atoms in total. The number of thioether (sulfide) groups is 1. The third kappa shape index (κ3) is 2.77. The maximum atomic E-state index is 11.4. The molecule has 1 heterocycles. The lowest BCUT2D eigenvalue weighted by Crippen LogP contribution is -2.27. The van der Waals surface area contributed by atoms with Crippen molar-refractivity contribution in [1.82, 2.24) is 0 Å². The highest BCUT2D eigenvalue weighted by molar-refractivity contribution is 9.10. The molecule has 0 saturated heterocycles. The van der Waals surface area contributed by atoms with Crippen LogP contribution in [0.1, 0.15) is 5.56 Å². The van der Waals surface area contributed by atoms with Crippen molar-refractivity contribution in [1.29, 1.82) is 0 Å². The van der Waals surface area contributed by atoms with Crippen molar-refractivity contribution in [3.8, 4) is 0 Å². The van der Waals surface area contributed by atoms with E-state index < -0.39 is 0 Å². The van der Waals surface area contributed by atoms with Crippen LogP contribution in [-0.4, -0.2) is 0 Å². The van der Waals surface area contributed by atoms with Crippen molar-refractivity contribution < 1.29 is 4.73 Å². The summed E-state index contributed by atoms with van der Waals surface area (Å²) in [5.41, 5.74) is 1.19. The van der Waals surface area contributed by atoms with E-state index in [1.54, 1.807) is 6.07 Å². The van der Waals surface area contributed by atoms with Crippen LogP contribution in [0.15, 0.2) is 58.2 Å². The number of aromatic nitrogens is 1. The standard InChI is InChI=1S/C12H10BrNOS/c13-11-6-2-1-5-10(11)9-16-12-7-3-4-8-14(12)15/h1-8H,9H2. The van der Waals surface area contributed by atoms with Gasteiger partial charge in [-0.3, -0.25) is 0 Å². The smallest absolute Gasteiger partial charge is 0.251 e. The SMILES string of the molecule is [O-][n+]1ccccc1SCc1ccccc1Br. The van der Waals surface area contributed by atoms with Gasteiger partial charge in [-0.05, 0) is 17.7 Å². The largest absolute Gasteiger partial charge is 0.618 e. The molecule has 0 bridgehead atoms. The second kappa shape index (κ2) is 5.37. The molecule has 0 aliphatic carbocycles. The van der Waals surface area contributed by atoms with Gasteiger partial charge in [-0.1, -0.05) is 45.9 Å². The normalized spacial score (nSPS) is 10.3. The monoisotopic (exact) mass is 295 g/mol. The Morgan fingerprint density at radius 3 is 2.62 bits per heavy atom. The van der Waals surface area contributed by atoms with Crippen molar-refractivity contribution in [2.45, 2.75) is 10.8 Å². The third-order valence-electron chi connectivity index (χ3n) is 2.12. The molecule has 2 aromatic rings. The summed E-state index contributed by atoms with van der Waals surface area (Å²) >= 11 is 5.02. The summed E-state index contributed by atoms with van der Waals surface area (Å²) in [5.74, 6) is 0.785. The number of pyridine rings is 1. The summed E-state index contributed by atoms with van der Waals surface area (Å²) < 4.78 is 1.97. The fraction of sp³-hybridized carbons (Fsp3) is 0.0833. The fourth-order valence-corrected chi connectivity index (χ4v) is 2.82. The van der Waals surface area contributed by atoms with Crippen LogP contribution in [0.25, 0.3) is 0 Å². The number of hydrogen-bond acceptors (Lipinski definition) is 2. The molecule has 1 aromatic carbocycles. The van der Waals surface area contributed by atoms with Gasteiger partial charge in [-0.2, -0.15) is 4.73 Å². The number of rotatable bonds is 3. The van der Waals surface area contributed by atoms with E-state index in [-0.39, 0.29) is 0 Å². The highest BCUT2D eigenvalue weighted by atomic mass is 79.9. The van der Waals surface area contributed by atoms with Crippen LogP contribution in [0, 0.1) is 5.21 Å².